The standard InChI is InChI=1S/C23H28N2O/c1-6-7-8-9-20-16(2)19-11-10-18(26)15-21(19)25(20)22-14-17(12-13-24-22)23(3,4)5/h8-15,26H,6-7H2,1-5H3/b9-8-. The fourth-order valence-corrected chi connectivity index (χ4v) is 3.27. The summed E-state index contributed by atoms with van der Waals surface area (Å²) in [5.41, 5.74) is 4.60. The van der Waals surface area contributed by atoms with Gasteiger partial charge in [-0.3, -0.25) is 4.57 Å². The number of hydrogen-bond acceptors (Lipinski definition) is 2. The molecule has 0 unspecified atom stereocenters. The molecule has 0 bridgehead atoms. The molecule has 0 atom stereocenters. The van der Waals surface area contributed by atoms with Gasteiger partial charge in [0.25, 0.3) is 0 Å². The zero-order valence-corrected chi connectivity index (χ0v) is 16.4. The van der Waals surface area contributed by atoms with Crippen molar-refractivity contribution in [2.24, 2.45) is 0 Å². The number of fused-ring (bicyclic) bond motifs is 1. The summed E-state index contributed by atoms with van der Waals surface area (Å²) in [6.07, 6.45) is 8.43. The molecule has 0 spiro atoms. The maximum Gasteiger partial charge on any atom is 0.137 e. The van der Waals surface area contributed by atoms with Gasteiger partial charge in [-0.15, -0.1) is 0 Å². The first-order chi connectivity index (χ1) is 12.3. The molecule has 0 aliphatic heterocycles. The fraction of sp³-hybridized carbons (Fsp3) is 0.348. The van der Waals surface area contributed by atoms with E-state index in [1.807, 2.05) is 18.3 Å². The van der Waals surface area contributed by atoms with Crippen LogP contribution in [0.2, 0.25) is 0 Å². The summed E-state index contributed by atoms with van der Waals surface area (Å²) in [6.45, 7) is 10.9. The number of aryl methyl sites for hydroxylation is 1. The van der Waals surface area contributed by atoms with Gasteiger partial charge in [0.15, 0.2) is 0 Å². The highest BCUT2D eigenvalue weighted by atomic mass is 16.3. The predicted molar refractivity (Wildman–Crippen MR) is 110 cm³/mol. The van der Waals surface area contributed by atoms with Crippen molar-refractivity contribution < 1.29 is 5.11 Å². The Bertz CT molecular complexity index is 958. The molecular formula is C23H28N2O. The predicted octanol–water partition coefficient (Wildman–Crippen LogP) is 6.15. The van der Waals surface area contributed by atoms with Crippen LogP contribution in [0, 0.1) is 6.92 Å². The van der Waals surface area contributed by atoms with Gasteiger partial charge in [-0.1, -0.05) is 40.2 Å². The maximum atomic E-state index is 10.0. The van der Waals surface area contributed by atoms with Crippen molar-refractivity contribution in [2.45, 2.75) is 52.9 Å². The van der Waals surface area contributed by atoms with Gasteiger partial charge in [0.1, 0.15) is 11.6 Å². The number of allylic oxidation sites excluding steroid dienone is 1. The monoisotopic (exact) mass is 348 g/mol. The van der Waals surface area contributed by atoms with Crippen molar-refractivity contribution in [1.82, 2.24) is 9.55 Å². The average molecular weight is 348 g/mol. The number of unbranched alkanes of at least 4 members (excludes halogenated alkanes) is 1. The molecule has 0 aliphatic carbocycles. The third kappa shape index (κ3) is 3.39. The zero-order chi connectivity index (χ0) is 18.9. The number of phenols is 1. The third-order valence-electron chi connectivity index (χ3n) is 4.82. The van der Waals surface area contributed by atoms with E-state index >= 15 is 0 Å². The molecule has 1 N–H and O–H groups in total. The minimum Gasteiger partial charge on any atom is -0.508 e. The van der Waals surface area contributed by atoms with Gasteiger partial charge in [0.05, 0.1) is 11.2 Å². The number of aromatic nitrogens is 2. The molecule has 2 heterocycles. The Morgan fingerprint density at radius 2 is 1.92 bits per heavy atom. The van der Waals surface area contributed by atoms with E-state index in [1.54, 1.807) is 6.07 Å². The Hall–Kier alpha value is -2.55. The van der Waals surface area contributed by atoms with Gasteiger partial charge in [-0.25, -0.2) is 4.98 Å². The van der Waals surface area contributed by atoms with Crippen molar-refractivity contribution in [3.8, 4) is 11.6 Å². The summed E-state index contributed by atoms with van der Waals surface area (Å²) in [7, 11) is 0. The normalized spacial score (nSPS) is 12.3. The van der Waals surface area contributed by atoms with Crippen molar-refractivity contribution in [1.29, 1.82) is 0 Å². The van der Waals surface area contributed by atoms with Crippen LogP contribution in [0.15, 0.2) is 42.6 Å². The van der Waals surface area contributed by atoms with Crippen molar-refractivity contribution in [3.63, 3.8) is 0 Å². The molecule has 3 heteroatoms. The van der Waals surface area contributed by atoms with Gasteiger partial charge in [0, 0.05) is 17.6 Å². The Kier molecular flexibility index (Phi) is 4.90. The highest BCUT2D eigenvalue weighted by molar-refractivity contribution is 5.90. The fourth-order valence-electron chi connectivity index (χ4n) is 3.27. The Labute approximate surface area is 156 Å². The second-order valence-electron chi connectivity index (χ2n) is 7.89. The Morgan fingerprint density at radius 3 is 2.62 bits per heavy atom. The lowest BCUT2D eigenvalue weighted by Gasteiger charge is -2.20. The van der Waals surface area contributed by atoms with Crippen molar-refractivity contribution in [3.05, 3.63) is 59.4 Å². The van der Waals surface area contributed by atoms with Crippen LogP contribution in [0.5, 0.6) is 5.75 Å². The quantitative estimate of drug-likeness (QED) is 0.614. The van der Waals surface area contributed by atoms with Crippen molar-refractivity contribution in [2.75, 3.05) is 0 Å². The molecule has 0 saturated heterocycles. The number of pyridine rings is 1. The van der Waals surface area contributed by atoms with Crippen LogP contribution in [0.4, 0.5) is 0 Å². The minimum atomic E-state index is 0.0516. The van der Waals surface area contributed by atoms with E-state index in [0.717, 1.165) is 35.3 Å². The smallest absolute Gasteiger partial charge is 0.137 e. The summed E-state index contributed by atoms with van der Waals surface area (Å²) in [4.78, 5) is 4.65. The number of aromatic hydroxyl groups is 1. The van der Waals surface area contributed by atoms with Gasteiger partial charge in [-0.2, -0.15) is 0 Å². The second-order valence-corrected chi connectivity index (χ2v) is 7.89. The lowest BCUT2D eigenvalue weighted by atomic mass is 9.88. The number of benzene rings is 1. The number of rotatable bonds is 4. The van der Waals surface area contributed by atoms with E-state index in [9.17, 15) is 5.11 Å². The van der Waals surface area contributed by atoms with Crippen LogP contribution < -0.4 is 0 Å². The van der Waals surface area contributed by atoms with E-state index in [-0.39, 0.29) is 11.2 Å². The minimum absolute atomic E-state index is 0.0516. The summed E-state index contributed by atoms with van der Waals surface area (Å²) in [6, 6.07) is 9.79. The van der Waals surface area contributed by atoms with E-state index in [4.69, 9.17) is 0 Å². The Morgan fingerprint density at radius 1 is 1.15 bits per heavy atom. The highest BCUT2D eigenvalue weighted by Crippen LogP contribution is 2.33. The lowest BCUT2D eigenvalue weighted by Crippen LogP contribution is -2.12. The molecule has 0 radical (unpaired) electrons. The third-order valence-corrected chi connectivity index (χ3v) is 4.82. The van der Waals surface area contributed by atoms with Gasteiger partial charge in [0.2, 0.25) is 0 Å². The van der Waals surface area contributed by atoms with Gasteiger partial charge in [-0.05, 0) is 60.2 Å². The largest absolute Gasteiger partial charge is 0.508 e. The van der Waals surface area contributed by atoms with Crippen LogP contribution >= 0.6 is 0 Å². The molecule has 0 amide bonds. The highest BCUT2D eigenvalue weighted by Gasteiger charge is 2.18. The number of nitrogens with zero attached hydrogens (tertiary/aromatic N) is 2. The average Bonchev–Trinajstić information content (AvgIpc) is 2.86. The molecule has 1 aromatic carbocycles. The summed E-state index contributed by atoms with van der Waals surface area (Å²) >= 11 is 0. The van der Waals surface area contributed by atoms with E-state index in [2.05, 4.69) is 68.5 Å². The molecule has 3 nitrogen and oxygen atoms in total. The molecule has 0 aliphatic rings. The van der Waals surface area contributed by atoms with E-state index in [1.165, 1.54) is 11.1 Å². The Balaban J connectivity index is 2.30. The van der Waals surface area contributed by atoms with Gasteiger partial charge >= 0.3 is 0 Å². The van der Waals surface area contributed by atoms with E-state index in [0.29, 0.717) is 0 Å². The molecule has 3 rings (SSSR count). The second kappa shape index (κ2) is 6.99. The SMILES string of the molecule is CCC/C=C\c1c(C)c2ccc(O)cc2n1-c1cc(C(C)(C)C)ccn1. The molecule has 0 fully saturated rings. The molecule has 0 saturated carbocycles. The topological polar surface area (TPSA) is 38.0 Å². The van der Waals surface area contributed by atoms with E-state index < -0.39 is 0 Å². The van der Waals surface area contributed by atoms with Crippen LogP contribution in [0.1, 0.15) is 57.4 Å². The molecule has 3 aromatic rings. The van der Waals surface area contributed by atoms with Crippen LogP contribution in [0.3, 0.4) is 0 Å². The van der Waals surface area contributed by atoms with Crippen molar-refractivity contribution >= 4 is 17.0 Å². The summed E-state index contributed by atoms with van der Waals surface area (Å²) in [5.74, 6) is 1.16. The molecule has 26 heavy (non-hydrogen) atoms. The number of phenolic OH excluding ortho intramolecular Hbond substituents is 1. The number of hydrogen-bond donors (Lipinski definition) is 1. The van der Waals surface area contributed by atoms with Crippen LogP contribution in [0.25, 0.3) is 22.8 Å². The molecule has 2 aromatic heterocycles. The maximum absolute atomic E-state index is 10.0. The molecule has 136 valence electrons. The van der Waals surface area contributed by atoms with Gasteiger partial charge < -0.3 is 5.11 Å². The lowest BCUT2D eigenvalue weighted by molar-refractivity contribution is 0.476. The first-order valence-corrected chi connectivity index (χ1v) is 9.30. The zero-order valence-electron chi connectivity index (χ0n) is 16.4. The summed E-state index contributed by atoms with van der Waals surface area (Å²) < 4.78 is 2.16. The first kappa shape index (κ1) is 18.2. The first-order valence-electron chi connectivity index (χ1n) is 9.30. The molecular weight excluding hydrogens is 320 g/mol. The summed E-state index contributed by atoms with van der Waals surface area (Å²) in [5, 5.41) is 11.2. The van der Waals surface area contributed by atoms with Crippen LogP contribution in [-0.4, -0.2) is 14.7 Å². The van der Waals surface area contributed by atoms with Crippen LogP contribution in [-0.2, 0) is 5.41 Å².